The second-order valence-electron chi connectivity index (χ2n) is 9.11. The summed E-state index contributed by atoms with van der Waals surface area (Å²) in [6.45, 7) is 1.48. The van der Waals surface area contributed by atoms with Crippen LogP contribution in [-0.2, 0) is 9.59 Å². The fourth-order valence-corrected chi connectivity index (χ4v) is 5.15. The van der Waals surface area contributed by atoms with Gasteiger partial charge in [0.05, 0.1) is 16.8 Å². The second kappa shape index (κ2) is 10.7. The molecule has 0 unspecified atom stereocenters. The van der Waals surface area contributed by atoms with Crippen molar-refractivity contribution in [3.8, 4) is 5.75 Å². The Balaban J connectivity index is 1.53. The first-order valence-electron chi connectivity index (χ1n) is 12.0. The van der Waals surface area contributed by atoms with Crippen molar-refractivity contribution < 1.29 is 18.7 Å². The minimum absolute atomic E-state index is 0.0291. The first-order valence-corrected chi connectivity index (χ1v) is 12.4. The number of hydrogen-bond donors (Lipinski definition) is 1. The molecule has 1 heterocycles. The van der Waals surface area contributed by atoms with Crippen molar-refractivity contribution in [2.75, 3.05) is 18.4 Å². The van der Waals surface area contributed by atoms with Crippen molar-refractivity contribution in [3.63, 3.8) is 0 Å². The highest BCUT2D eigenvalue weighted by Gasteiger charge is 2.28. The summed E-state index contributed by atoms with van der Waals surface area (Å²) in [6.07, 6.45) is 11.3. The van der Waals surface area contributed by atoms with Gasteiger partial charge in [-0.25, -0.2) is 4.39 Å². The van der Waals surface area contributed by atoms with E-state index in [9.17, 15) is 14.0 Å². The summed E-state index contributed by atoms with van der Waals surface area (Å²) in [5.74, 6) is -0.665. The van der Waals surface area contributed by atoms with E-state index in [0.717, 1.165) is 77.3 Å². The molecule has 32 heavy (non-hydrogen) atoms. The summed E-state index contributed by atoms with van der Waals surface area (Å²) >= 11 is 6.19. The van der Waals surface area contributed by atoms with Gasteiger partial charge in [0.15, 0.2) is 0 Å². The highest BCUT2D eigenvalue weighted by molar-refractivity contribution is 6.32. The molecule has 1 saturated heterocycles. The van der Waals surface area contributed by atoms with E-state index in [-0.39, 0.29) is 22.7 Å². The molecule has 2 amide bonds. The molecular weight excluding hydrogens is 431 g/mol. The first-order chi connectivity index (χ1) is 15.5. The van der Waals surface area contributed by atoms with Crippen LogP contribution in [0.15, 0.2) is 23.3 Å². The number of carbonyl (C=O) groups is 2. The van der Waals surface area contributed by atoms with Gasteiger partial charge in [-0.05, 0) is 70.3 Å². The third-order valence-electron chi connectivity index (χ3n) is 6.76. The molecule has 5 nitrogen and oxygen atoms in total. The third-order valence-corrected chi connectivity index (χ3v) is 7.05. The van der Waals surface area contributed by atoms with Crippen LogP contribution >= 0.6 is 11.6 Å². The Labute approximate surface area is 194 Å². The number of likely N-dealkylation sites (tertiary alicyclic amines) is 1. The molecule has 0 bridgehead atoms. The number of hydrogen-bond acceptors (Lipinski definition) is 3. The van der Waals surface area contributed by atoms with Crippen LogP contribution in [0.25, 0.3) is 0 Å². The van der Waals surface area contributed by atoms with Crippen LogP contribution in [0.4, 0.5) is 10.1 Å². The zero-order valence-electron chi connectivity index (χ0n) is 18.6. The molecule has 0 aromatic heterocycles. The predicted octanol–water partition coefficient (Wildman–Crippen LogP) is 6.01. The van der Waals surface area contributed by atoms with E-state index in [4.69, 9.17) is 16.3 Å². The van der Waals surface area contributed by atoms with Crippen molar-refractivity contribution >= 4 is 29.1 Å². The van der Waals surface area contributed by atoms with E-state index >= 15 is 0 Å². The van der Waals surface area contributed by atoms with Gasteiger partial charge < -0.3 is 15.0 Å². The molecule has 1 N–H and O–H groups in total. The van der Waals surface area contributed by atoms with Crippen LogP contribution in [0.1, 0.15) is 77.0 Å². The first kappa shape index (κ1) is 23.1. The Kier molecular flexibility index (Phi) is 7.71. The minimum Gasteiger partial charge on any atom is -0.489 e. The Bertz CT molecular complexity index is 887. The van der Waals surface area contributed by atoms with Crippen molar-refractivity contribution in [1.29, 1.82) is 0 Å². The number of halogens is 2. The van der Waals surface area contributed by atoms with Gasteiger partial charge in [0, 0.05) is 30.3 Å². The molecule has 3 aliphatic rings. The Morgan fingerprint density at radius 3 is 2.28 bits per heavy atom. The van der Waals surface area contributed by atoms with Crippen molar-refractivity contribution in [3.05, 3.63) is 34.1 Å². The SMILES string of the molecule is O=C(Nc1cc(OC2CCCC2)c(Cl)cc1F)C1=C(C(=O)N2CCCCCC2)CCCC1. The zero-order valence-corrected chi connectivity index (χ0v) is 19.3. The molecular formula is C25H32ClFN2O3. The Hall–Kier alpha value is -2.08. The van der Waals surface area contributed by atoms with Crippen LogP contribution in [0.2, 0.25) is 5.02 Å². The summed E-state index contributed by atoms with van der Waals surface area (Å²) < 4.78 is 20.6. The summed E-state index contributed by atoms with van der Waals surface area (Å²) in [5, 5.41) is 2.89. The van der Waals surface area contributed by atoms with E-state index in [0.29, 0.717) is 29.7 Å². The summed E-state index contributed by atoms with van der Waals surface area (Å²) in [7, 11) is 0. The van der Waals surface area contributed by atoms with Gasteiger partial charge in [-0.1, -0.05) is 24.4 Å². The lowest BCUT2D eigenvalue weighted by molar-refractivity contribution is -0.127. The van der Waals surface area contributed by atoms with Gasteiger partial charge in [0.2, 0.25) is 5.91 Å². The molecule has 2 aliphatic carbocycles. The maximum absolute atomic E-state index is 14.6. The molecule has 0 radical (unpaired) electrons. The maximum atomic E-state index is 14.6. The molecule has 7 heteroatoms. The van der Waals surface area contributed by atoms with Gasteiger partial charge in [-0.2, -0.15) is 0 Å². The standard InChI is InChI=1S/C25H32ClFN2O3/c26-20-15-21(27)22(16-23(20)32-17-9-3-4-10-17)28-24(30)18-11-5-6-12-19(18)25(31)29-13-7-1-2-8-14-29/h15-17H,1-14H2,(H,28,30). The monoisotopic (exact) mass is 462 g/mol. The van der Waals surface area contributed by atoms with Crippen LogP contribution in [-0.4, -0.2) is 35.9 Å². The number of nitrogens with zero attached hydrogens (tertiary/aromatic N) is 1. The Morgan fingerprint density at radius 2 is 1.59 bits per heavy atom. The normalized spacial score (nSPS) is 20.2. The van der Waals surface area contributed by atoms with E-state index in [1.807, 2.05) is 4.90 Å². The Morgan fingerprint density at radius 1 is 0.938 bits per heavy atom. The van der Waals surface area contributed by atoms with Gasteiger partial charge in [0.25, 0.3) is 5.91 Å². The predicted molar refractivity (Wildman–Crippen MR) is 123 cm³/mol. The van der Waals surface area contributed by atoms with Crippen LogP contribution in [0, 0.1) is 5.82 Å². The van der Waals surface area contributed by atoms with Gasteiger partial charge in [-0.15, -0.1) is 0 Å². The number of amides is 2. The fraction of sp³-hybridized carbons (Fsp3) is 0.600. The highest BCUT2D eigenvalue weighted by Crippen LogP contribution is 2.35. The van der Waals surface area contributed by atoms with E-state index in [1.165, 1.54) is 12.1 Å². The average Bonchev–Trinajstić information content (AvgIpc) is 3.15. The number of rotatable bonds is 5. The smallest absolute Gasteiger partial charge is 0.252 e. The quantitative estimate of drug-likeness (QED) is 0.582. The molecule has 1 saturated carbocycles. The number of ether oxygens (including phenoxy) is 1. The van der Waals surface area contributed by atoms with Crippen LogP contribution < -0.4 is 10.1 Å². The molecule has 0 spiro atoms. The van der Waals surface area contributed by atoms with Crippen molar-refractivity contribution in [2.45, 2.75) is 83.2 Å². The van der Waals surface area contributed by atoms with Gasteiger partial charge in [-0.3, -0.25) is 9.59 Å². The van der Waals surface area contributed by atoms with Crippen LogP contribution in [0.3, 0.4) is 0 Å². The number of nitrogens with one attached hydrogen (secondary N) is 1. The van der Waals surface area contributed by atoms with Gasteiger partial charge >= 0.3 is 0 Å². The largest absolute Gasteiger partial charge is 0.489 e. The molecule has 1 aromatic carbocycles. The maximum Gasteiger partial charge on any atom is 0.252 e. The molecule has 2 fully saturated rings. The van der Waals surface area contributed by atoms with Crippen LogP contribution in [0.5, 0.6) is 5.75 Å². The minimum atomic E-state index is -0.612. The molecule has 1 aliphatic heterocycles. The molecule has 4 rings (SSSR count). The van der Waals surface area contributed by atoms with Crippen molar-refractivity contribution in [2.24, 2.45) is 0 Å². The van der Waals surface area contributed by atoms with Crippen molar-refractivity contribution in [1.82, 2.24) is 4.90 Å². The lowest BCUT2D eigenvalue weighted by atomic mass is 9.90. The number of carbonyl (C=O) groups excluding carboxylic acids is 2. The van der Waals surface area contributed by atoms with E-state index < -0.39 is 11.7 Å². The lowest BCUT2D eigenvalue weighted by Crippen LogP contribution is -2.35. The molecule has 1 aromatic rings. The number of anilines is 1. The highest BCUT2D eigenvalue weighted by atomic mass is 35.5. The zero-order chi connectivity index (χ0) is 22.5. The lowest BCUT2D eigenvalue weighted by Gasteiger charge is -2.26. The second-order valence-corrected chi connectivity index (χ2v) is 9.52. The summed E-state index contributed by atoms with van der Waals surface area (Å²) in [6, 6.07) is 2.65. The molecule has 174 valence electrons. The third kappa shape index (κ3) is 5.45. The topological polar surface area (TPSA) is 58.6 Å². The fourth-order valence-electron chi connectivity index (χ4n) is 4.96. The van der Waals surface area contributed by atoms with E-state index in [1.54, 1.807) is 0 Å². The van der Waals surface area contributed by atoms with Gasteiger partial charge in [0.1, 0.15) is 11.6 Å². The summed E-state index contributed by atoms with van der Waals surface area (Å²) in [4.78, 5) is 28.2. The average molecular weight is 463 g/mol. The molecule has 0 atom stereocenters. The number of benzene rings is 1. The van der Waals surface area contributed by atoms with E-state index in [2.05, 4.69) is 5.32 Å². The summed E-state index contributed by atoms with van der Waals surface area (Å²) in [5.41, 5.74) is 1.11.